The van der Waals surface area contributed by atoms with Gasteiger partial charge in [-0.3, -0.25) is 10.1 Å². The number of benzene rings is 1. The highest BCUT2D eigenvalue weighted by atomic mass is 79.9. The van der Waals surface area contributed by atoms with Crippen LogP contribution < -0.4 is 5.32 Å². The van der Waals surface area contributed by atoms with Crippen molar-refractivity contribution in [3.8, 4) is 0 Å². The molecule has 0 amide bonds. The van der Waals surface area contributed by atoms with Crippen molar-refractivity contribution in [2.75, 3.05) is 7.11 Å². The van der Waals surface area contributed by atoms with Gasteiger partial charge in [0.25, 0.3) is 0 Å². The lowest BCUT2D eigenvalue weighted by molar-refractivity contribution is -0.143. The summed E-state index contributed by atoms with van der Waals surface area (Å²) in [5, 5.41) is 3.26. The molecule has 4 heteroatoms. The van der Waals surface area contributed by atoms with E-state index in [-0.39, 0.29) is 18.1 Å². The second-order valence-corrected chi connectivity index (χ2v) is 4.84. The summed E-state index contributed by atoms with van der Waals surface area (Å²) in [7, 11) is 1.41. The van der Waals surface area contributed by atoms with Crippen LogP contribution in [0.15, 0.2) is 28.7 Å². The maximum absolute atomic E-state index is 11.5. The summed E-state index contributed by atoms with van der Waals surface area (Å²) in [4.78, 5) is 11.5. The van der Waals surface area contributed by atoms with Gasteiger partial charge >= 0.3 is 5.97 Å². The SMILES string of the molecule is CCC(NC(C)c1ccc(Br)cc1)C(=O)OC. The van der Waals surface area contributed by atoms with Gasteiger partial charge in [-0.2, -0.15) is 0 Å². The standard InChI is InChI=1S/C13H18BrNO2/c1-4-12(13(16)17-3)15-9(2)10-5-7-11(14)8-6-10/h5-9,12,15H,4H2,1-3H3. The molecule has 94 valence electrons. The van der Waals surface area contributed by atoms with Crippen LogP contribution in [-0.4, -0.2) is 19.1 Å². The zero-order valence-corrected chi connectivity index (χ0v) is 12.0. The minimum Gasteiger partial charge on any atom is -0.468 e. The number of esters is 1. The third kappa shape index (κ3) is 4.13. The van der Waals surface area contributed by atoms with Gasteiger partial charge in [0, 0.05) is 10.5 Å². The van der Waals surface area contributed by atoms with Gasteiger partial charge in [-0.15, -0.1) is 0 Å². The molecule has 0 saturated heterocycles. The second kappa shape index (κ2) is 6.77. The Bertz CT molecular complexity index is 364. The van der Waals surface area contributed by atoms with E-state index in [0.29, 0.717) is 6.42 Å². The number of ether oxygens (including phenoxy) is 1. The third-order valence-electron chi connectivity index (χ3n) is 2.72. The van der Waals surface area contributed by atoms with Crippen LogP contribution in [0.25, 0.3) is 0 Å². The van der Waals surface area contributed by atoms with Crippen molar-refractivity contribution in [3.05, 3.63) is 34.3 Å². The van der Waals surface area contributed by atoms with Gasteiger partial charge in [0.1, 0.15) is 6.04 Å². The highest BCUT2D eigenvalue weighted by Gasteiger charge is 2.19. The number of carbonyl (C=O) groups excluding carboxylic acids is 1. The largest absolute Gasteiger partial charge is 0.468 e. The van der Waals surface area contributed by atoms with Crippen molar-refractivity contribution in [1.29, 1.82) is 0 Å². The van der Waals surface area contributed by atoms with E-state index in [9.17, 15) is 4.79 Å². The predicted molar refractivity (Wildman–Crippen MR) is 71.8 cm³/mol. The molecule has 0 fully saturated rings. The Morgan fingerprint density at radius 1 is 1.41 bits per heavy atom. The first kappa shape index (κ1) is 14.2. The fourth-order valence-electron chi connectivity index (χ4n) is 1.64. The van der Waals surface area contributed by atoms with Crippen LogP contribution >= 0.6 is 15.9 Å². The molecule has 17 heavy (non-hydrogen) atoms. The molecule has 2 unspecified atom stereocenters. The number of hydrogen-bond donors (Lipinski definition) is 1. The van der Waals surface area contributed by atoms with Crippen LogP contribution in [0.1, 0.15) is 31.9 Å². The van der Waals surface area contributed by atoms with Gasteiger partial charge in [0.2, 0.25) is 0 Å². The van der Waals surface area contributed by atoms with Gasteiger partial charge in [-0.1, -0.05) is 35.0 Å². The summed E-state index contributed by atoms with van der Waals surface area (Å²) in [5.41, 5.74) is 1.15. The fraction of sp³-hybridized carbons (Fsp3) is 0.462. The Morgan fingerprint density at radius 2 is 2.00 bits per heavy atom. The molecular formula is C13H18BrNO2. The first-order valence-corrected chi connectivity index (χ1v) is 6.47. The normalized spacial score (nSPS) is 14.1. The molecule has 1 rings (SSSR count). The first-order chi connectivity index (χ1) is 8.08. The Labute approximate surface area is 111 Å². The molecule has 0 heterocycles. The zero-order chi connectivity index (χ0) is 12.8. The summed E-state index contributed by atoms with van der Waals surface area (Å²) in [6.45, 7) is 4.00. The fourth-order valence-corrected chi connectivity index (χ4v) is 1.91. The molecule has 0 aliphatic heterocycles. The van der Waals surface area contributed by atoms with E-state index in [1.807, 2.05) is 38.1 Å². The number of halogens is 1. The van der Waals surface area contributed by atoms with Crippen LogP contribution in [0.2, 0.25) is 0 Å². The van der Waals surface area contributed by atoms with Crippen LogP contribution in [0.3, 0.4) is 0 Å². The molecular weight excluding hydrogens is 282 g/mol. The Morgan fingerprint density at radius 3 is 2.47 bits per heavy atom. The van der Waals surface area contributed by atoms with Crippen LogP contribution in [0, 0.1) is 0 Å². The van der Waals surface area contributed by atoms with Crippen molar-refractivity contribution in [1.82, 2.24) is 5.32 Å². The van der Waals surface area contributed by atoms with Crippen molar-refractivity contribution < 1.29 is 9.53 Å². The summed E-state index contributed by atoms with van der Waals surface area (Å²) in [6, 6.07) is 7.92. The maximum Gasteiger partial charge on any atom is 0.322 e. The number of hydrogen-bond acceptors (Lipinski definition) is 3. The van der Waals surface area contributed by atoms with Crippen LogP contribution in [0.4, 0.5) is 0 Å². The van der Waals surface area contributed by atoms with Gasteiger partial charge in [0.05, 0.1) is 7.11 Å². The average molecular weight is 300 g/mol. The molecule has 2 atom stereocenters. The lowest BCUT2D eigenvalue weighted by Gasteiger charge is -2.20. The smallest absolute Gasteiger partial charge is 0.322 e. The summed E-state index contributed by atoms with van der Waals surface area (Å²) >= 11 is 3.40. The van der Waals surface area contributed by atoms with E-state index < -0.39 is 0 Å². The lowest BCUT2D eigenvalue weighted by atomic mass is 10.1. The molecule has 1 aromatic rings. The third-order valence-corrected chi connectivity index (χ3v) is 3.24. The number of rotatable bonds is 5. The van der Waals surface area contributed by atoms with Gasteiger partial charge in [-0.05, 0) is 31.0 Å². The molecule has 1 N–H and O–H groups in total. The molecule has 0 spiro atoms. The highest BCUT2D eigenvalue weighted by Crippen LogP contribution is 2.17. The van der Waals surface area contributed by atoms with E-state index in [2.05, 4.69) is 21.2 Å². The Hall–Kier alpha value is -0.870. The second-order valence-electron chi connectivity index (χ2n) is 3.92. The van der Waals surface area contributed by atoms with E-state index in [1.165, 1.54) is 7.11 Å². The van der Waals surface area contributed by atoms with E-state index in [4.69, 9.17) is 4.74 Å². The molecule has 0 aliphatic rings. The van der Waals surface area contributed by atoms with Crippen molar-refractivity contribution in [3.63, 3.8) is 0 Å². The predicted octanol–water partition coefficient (Wildman–Crippen LogP) is 3.05. The lowest BCUT2D eigenvalue weighted by Crippen LogP contribution is -2.38. The molecule has 3 nitrogen and oxygen atoms in total. The maximum atomic E-state index is 11.5. The van der Waals surface area contributed by atoms with Crippen molar-refractivity contribution in [2.24, 2.45) is 0 Å². The Balaban J connectivity index is 2.67. The van der Waals surface area contributed by atoms with Crippen molar-refractivity contribution >= 4 is 21.9 Å². The molecule has 0 saturated carbocycles. The topological polar surface area (TPSA) is 38.3 Å². The average Bonchev–Trinajstić information content (AvgIpc) is 2.35. The monoisotopic (exact) mass is 299 g/mol. The van der Waals surface area contributed by atoms with E-state index in [1.54, 1.807) is 0 Å². The van der Waals surface area contributed by atoms with Gasteiger partial charge in [0.15, 0.2) is 0 Å². The quantitative estimate of drug-likeness (QED) is 0.849. The first-order valence-electron chi connectivity index (χ1n) is 5.67. The summed E-state index contributed by atoms with van der Waals surface area (Å²) < 4.78 is 5.80. The summed E-state index contributed by atoms with van der Waals surface area (Å²) in [6.07, 6.45) is 0.716. The molecule has 1 aromatic carbocycles. The minimum absolute atomic E-state index is 0.118. The van der Waals surface area contributed by atoms with E-state index >= 15 is 0 Å². The summed E-state index contributed by atoms with van der Waals surface area (Å²) in [5.74, 6) is -0.212. The van der Waals surface area contributed by atoms with Gasteiger partial charge < -0.3 is 4.74 Å². The van der Waals surface area contributed by atoms with Crippen LogP contribution in [0.5, 0.6) is 0 Å². The molecule has 0 aromatic heterocycles. The number of carbonyl (C=O) groups is 1. The molecule has 0 bridgehead atoms. The minimum atomic E-state index is -0.251. The van der Waals surface area contributed by atoms with Crippen molar-refractivity contribution in [2.45, 2.75) is 32.4 Å². The zero-order valence-electron chi connectivity index (χ0n) is 10.4. The molecule has 0 radical (unpaired) electrons. The highest BCUT2D eigenvalue weighted by molar-refractivity contribution is 9.10. The molecule has 0 aliphatic carbocycles. The Kier molecular flexibility index (Phi) is 5.65. The van der Waals surface area contributed by atoms with Crippen LogP contribution in [-0.2, 0) is 9.53 Å². The number of nitrogens with one attached hydrogen (secondary N) is 1. The number of methoxy groups -OCH3 is 1. The van der Waals surface area contributed by atoms with Gasteiger partial charge in [-0.25, -0.2) is 0 Å². The van der Waals surface area contributed by atoms with E-state index in [0.717, 1.165) is 10.0 Å².